The van der Waals surface area contributed by atoms with Crippen molar-refractivity contribution in [1.82, 2.24) is 9.38 Å². The normalized spacial score (nSPS) is 11.6. The van der Waals surface area contributed by atoms with Crippen molar-refractivity contribution in [2.24, 2.45) is 0 Å². The smallest absolute Gasteiger partial charge is 0.336 e. The Morgan fingerprint density at radius 1 is 1.07 bits per heavy atom. The van der Waals surface area contributed by atoms with E-state index in [9.17, 15) is 9.90 Å². The zero-order valence-corrected chi connectivity index (χ0v) is 16.1. The van der Waals surface area contributed by atoms with Gasteiger partial charge in [-0.1, -0.05) is 41.9 Å². The van der Waals surface area contributed by atoms with Crippen LogP contribution < -0.4 is 4.74 Å². The average Bonchev–Trinajstić information content (AvgIpc) is 3.15. The Morgan fingerprint density at radius 3 is 2.52 bits per heavy atom. The van der Waals surface area contributed by atoms with Crippen molar-refractivity contribution in [3.63, 3.8) is 0 Å². The van der Waals surface area contributed by atoms with Crippen molar-refractivity contribution < 1.29 is 14.6 Å². The van der Waals surface area contributed by atoms with Crippen LogP contribution in [0.15, 0.2) is 79.1 Å². The van der Waals surface area contributed by atoms with Crippen LogP contribution in [-0.4, -0.2) is 20.5 Å². The number of ether oxygens (including phenoxy) is 1. The molecule has 0 amide bonds. The van der Waals surface area contributed by atoms with Gasteiger partial charge in [-0.05, 0) is 53.6 Å². The molecule has 2 aromatic carbocycles. The van der Waals surface area contributed by atoms with Crippen molar-refractivity contribution in [2.45, 2.75) is 6.61 Å². The first kappa shape index (κ1) is 18.8. The highest BCUT2D eigenvalue weighted by molar-refractivity contribution is 6.30. The number of pyridine rings is 1. The summed E-state index contributed by atoms with van der Waals surface area (Å²) in [6.45, 7) is 0.327. The number of carboxylic acids is 1. The summed E-state index contributed by atoms with van der Waals surface area (Å²) in [4.78, 5) is 16.2. The van der Waals surface area contributed by atoms with Gasteiger partial charge in [-0.25, -0.2) is 9.78 Å². The third kappa shape index (κ3) is 4.47. The number of carboxylic acid groups (broad SMARTS) is 1. The summed E-state index contributed by atoms with van der Waals surface area (Å²) in [6, 6.07) is 19.8. The van der Waals surface area contributed by atoms with Crippen LogP contribution in [0.4, 0.5) is 0 Å². The SMILES string of the molecule is O=C(O)C(=Cc1ccc(Cl)cc1)c1ccc(OCc2cn3ccccc3n2)cc1. The molecule has 6 heteroatoms. The predicted octanol–water partition coefficient (Wildman–Crippen LogP) is 5.19. The lowest BCUT2D eigenvalue weighted by Gasteiger charge is -2.07. The van der Waals surface area contributed by atoms with E-state index in [2.05, 4.69) is 4.98 Å². The Morgan fingerprint density at radius 2 is 1.83 bits per heavy atom. The fourth-order valence-electron chi connectivity index (χ4n) is 2.94. The fourth-order valence-corrected chi connectivity index (χ4v) is 3.06. The molecule has 0 bridgehead atoms. The quantitative estimate of drug-likeness (QED) is 0.354. The third-order valence-corrected chi connectivity index (χ3v) is 4.63. The largest absolute Gasteiger partial charge is 0.487 e. The number of fused-ring (bicyclic) bond motifs is 1. The molecule has 2 heterocycles. The van der Waals surface area contributed by atoms with Crippen molar-refractivity contribution in [2.75, 3.05) is 0 Å². The first-order valence-corrected chi connectivity index (χ1v) is 9.33. The van der Waals surface area contributed by atoms with Gasteiger partial charge in [0.1, 0.15) is 18.0 Å². The van der Waals surface area contributed by atoms with Crippen LogP contribution >= 0.6 is 11.6 Å². The number of aromatic nitrogens is 2. The van der Waals surface area contributed by atoms with Gasteiger partial charge in [-0.2, -0.15) is 0 Å². The van der Waals surface area contributed by atoms with Crippen LogP contribution in [-0.2, 0) is 11.4 Å². The molecule has 0 aliphatic carbocycles. The molecule has 144 valence electrons. The number of benzene rings is 2. The highest BCUT2D eigenvalue weighted by atomic mass is 35.5. The van der Waals surface area contributed by atoms with E-state index in [1.54, 1.807) is 54.6 Å². The molecule has 0 fully saturated rings. The van der Waals surface area contributed by atoms with Crippen LogP contribution in [0.3, 0.4) is 0 Å². The number of rotatable bonds is 6. The number of halogens is 1. The van der Waals surface area contributed by atoms with Gasteiger partial charge >= 0.3 is 5.97 Å². The summed E-state index contributed by atoms with van der Waals surface area (Å²) in [5, 5.41) is 10.2. The van der Waals surface area contributed by atoms with Crippen molar-refractivity contribution >= 4 is 34.9 Å². The Balaban J connectivity index is 1.49. The molecule has 1 N–H and O–H groups in total. The second-order valence-electron chi connectivity index (χ2n) is 6.43. The monoisotopic (exact) mass is 404 g/mol. The number of imidazole rings is 1. The van der Waals surface area contributed by atoms with Crippen molar-refractivity contribution in [3.8, 4) is 5.75 Å². The summed E-state index contributed by atoms with van der Waals surface area (Å²) in [7, 11) is 0. The Bertz CT molecular complexity index is 1150. The molecule has 4 rings (SSSR count). The highest BCUT2D eigenvalue weighted by Gasteiger charge is 2.11. The first-order chi connectivity index (χ1) is 14.1. The van der Waals surface area contributed by atoms with Crippen LogP contribution in [0.2, 0.25) is 5.02 Å². The third-order valence-electron chi connectivity index (χ3n) is 4.38. The Hall–Kier alpha value is -3.57. The van der Waals surface area contributed by atoms with Crippen molar-refractivity contribution in [1.29, 1.82) is 0 Å². The fraction of sp³-hybridized carbons (Fsp3) is 0.0435. The lowest BCUT2D eigenvalue weighted by atomic mass is 10.0. The molecule has 0 atom stereocenters. The van der Waals surface area contributed by atoms with Gasteiger partial charge in [0.05, 0.1) is 11.3 Å². The minimum Gasteiger partial charge on any atom is -0.487 e. The van der Waals surface area contributed by atoms with Crippen LogP contribution in [0.5, 0.6) is 5.75 Å². The highest BCUT2D eigenvalue weighted by Crippen LogP contribution is 2.23. The molecule has 5 nitrogen and oxygen atoms in total. The molecular weight excluding hydrogens is 388 g/mol. The molecule has 0 unspecified atom stereocenters. The number of aliphatic carboxylic acids is 1. The lowest BCUT2D eigenvalue weighted by molar-refractivity contribution is -0.130. The maximum Gasteiger partial charge on any atom is 0.336 e. The maximum atomic E-state index is 11.7. The van der Waals surface area contributed by atoms with E-state index >= 15 is 0 Å². The van der Waals surface area contributed by atoms with Gasteiger partial charge in [0.15, 0.2) is 0 Å². The van der Waals surface area contributed by atoms with E-state index in [-0.39, 0.29) is 5.57 Å². The lowest BCUT2D eigenvalue weighted by Crippen LogP contribution is -2.00. The number of hydrogen-bond donors (Lipinski definition) is 1. The molecule has 0 saturated heterocycles. The molecule has 0 aliphatic rings. The van der Waals surface area contributed by atoms with Crippen LogP contribution in [0.1, 0.15) is 16.8 Å². The van der Waals surface area contributed by atoms with E-state index in [4.69, 9.17) is 16.3 Å². The Labute approximate surface area is 172 Å². The predicted molar refractivity (Wildman–Crippen MR) is 113 cm³/mol. The molecule has 0 saturated carbocycles. The van der Waals surface area contributed by atoms with Gasteiger partial charge in [0, 0.05) is 17.4 Å². The molecule has 0 radical (unpaired) electrons. The van der Waals surface area contributed by atoms with E-state index < -0.39 is 5.97 Å². The van der Waals surface area contributed by atoms with E-state index in [1.807, 2.05) is 35.0 Å². The minimum absolute atomic E-state index is 0.194. The molecule has 0 aliphatic heterocycles. The zero-order chi connectivity index (χ0) is 20.2. The van der Waals surface area contributed by atoms with Gasteiger partial charge in [-0.3, -0.25) is 0 Å². The van der Waals surface area contributed by atoms with Gasteiger partial charge in [-0.15, -0.1) is 0 Å². The first-order valence-electron chi connectivity index (χ1n) is 8.95. The summed E-state index contributed by atoms with van der Waals surface area (Å²) in [5.41, 5.74) is 3.22. The van der Waals surface area contributed by atoms with E-state index in [0.29, 0.717) is 22.9 Å². The van der Waals surface area contributed by atoms with Crippen LogP contribution in [0, 0.1) is 0 Å². The second-order valence-corrected chi connectivity index (χ2v) is 6.86. The van der Waals surface area contributed by atoms with Crippen LogP contribution in [0.25, 0.3) is 17.3 Å². The standard InChI is InChI=1S/C23H17ClN2O3/c24-18-8-4-16(5-9-18)13-21(23(27)28)17-6-10-20(11-7-17)29-15-19-14-26-12-2-1-3-22(26)25-19/h1-14H,15H2,(H,27,28). The summed E-state index contributed by atoms with van der Waals surface area (Å²) in [6.07, 6.45) is 5.47. The molecule has 4 aromatic rings. The van der Waals surface area contributed by atoms with Crippen molar-refractivity contribution in [3.05, 3.63) is 101 Å². The number of carbonyl (C=O) groups is 1. The Kier molecular flexibility index (Phi) is 5.31. The maximum absolute atomic E-state index is 11.7. The second kappa shape index (κ2) is 8.20. The van der Waals surface area contributed by atoms with Gasteiger partial charge < -0.3 is 14.2 Å². The van der Waals surface area contributed by atoms with Gasteiger partial charge in [0.2, 0.25) is 0 Å². The average molecular weight is 405 g/mol. The number of hydrogen-bond acceptors (Lipinski definition) is 3. The molecule has 29 heavy (non-hydrogen) atoms. The van der Waals surface area contributed by atoms with Gasteiger partial charge in [0.25, 0.3) is 0 Å². The molecule has 0 spiro atoms. The molecule has 2 aromatic heterocycles. The van der Waals surface area contributed by atoms with E-state index in [1.165, 1.54) is 0 Å². The summed E-state index contributed by atoms with van der Waals surface area (Å²) < 4.78 is 7.72. The topological polar surface area (TPSA) is 63.8 Å². The summed E-state index contributed by atoms with van der Waals surface area (Å²) >= 11 is 5.89. The van der Waals surface area contributed by atoms with E-state index in [0.717, 1.165) is 16.9 Å². The minimum atomic E-state index is -1.00. The summed E-state index contributed by atoms with van der Waals surface area (Å²) in [5.74, 6) is -0.361. The molecular formula is C23H17ClN2O3. The zero-order valence-electron chi connectivity index (χ0n) is 15.3. The number of nitrogens with zero attached hydrogens (tertiary/aromatic N) is 2.